The summed E-state index contributed by atoms with van der Waals surface area (Å²) in [6.45, 7) is 3.85. The normalized spacial score (nSPS) is 33.0. The fourth-order valence-electron chi connectivity index (χ4n) is 3.45. The third-order valence-electron chi connectivity index (χ3n) is 4.38. The lowest BCUT2D eigenvalue weighted by molar-refractivity contribution is 0.228. The molecule has 116 valence electrons. The highest BCUT2D eigenvalue weighted by Gasteiger charge is 2.36. The fraction of sp³-hybridized carbons (Fsp3) is 0.529. The quantitative estimate of drug-likeness (QED) is 0.642. The molecule has 0 spiro atoms. The van der Waals surface area contributed by atoms with Crippen molar-refractivity contribution in [3.8, 4) is 0 Å². The van der Waals surface area contributed by atoms with Gasteiger partial charge < -0.3 is 20.4 Å². The molecule has 0 amide bonds. The van der Waals surface area contributed by atoms with Crippen LogP contribution in [0.15, 0.2) is 47.0 Å². The van der Waals surface area contributed by atoms with Crippen LogP contribution in [0, 0.1) is 10.8 Å². The Morgan fingerprint density at radius 3 is 1.57 bits per heavy atom. The van der Waals surface area contributed by atoms with Crippen LogP contribution in [-0.2, 0) is 0 Å². The van der Waals surface area contributed by atoms with Crippen molar-refractivity contribution in [2.75, 3.05) is 13.2 Å². The van der Waals surface area contributed by atoms with Crippen molar-refractivity contribution >= 4 is 0 Å². The highest BCUT2D eigenvalue weighted by Crippen LogP contribution is 2.46. The summed E-state index contributed by atoms with van der Waals surface area (Å²) in [7, 11) is 0. The van der Waals surface area contributed by atoms with Gasteiger partial charge in [-0.3, -0.25) is 0 Å². The van der Waals surface area contributed by atoms with E-state index in [1.807, 2.05) is 12.2 Å². The Labute approximate surface area is 125 Å². The van der Waals surface area contributed by atoms with Crippen LogP contribution in [0.25, 0.3) is 0 Å². The van der Waals surface area contributed by atoms with Crippen LogP contribution in [0.5, 0.6) is 0 Å². The molecule has 0 aliphatic heterocycles. The van der Waals surface area contributed by atoms with Crippen LogP contribution in [-0.4, -0.2) is 33.6 Å². The Morgan fingerprint density at radius 2 is 1.24 bits per heavy atom. The van der Waals surface area contributed by atoms with Crippen molar-refractivity contribution in [2.24, 2.45) is 10.8 Å². The zero-order chi connectivity index (χ0) is 15.7. The minimum absolute atomic E-state index is 0.160. The molecule has 2 rings (SSSR count). The van der Waals surface area contributed by atoms with Crippen LogP contribution >= 0.6 is 0 Å². The van der Waals surface area contributed by atoms with Gasteiger partial charge in [0.05, 0.1) is 13.2 Å². The molecule has 0 saturated carbocycles. The molecule has 0 saturated heterocycles. The largest absolute Gasteiger partial charge is 0.508 e. The maximum Gasteiger partial charge on any atom is 0.116 e. The van der Waals surface area contributed by atoms with Crippen LogP contribution in [0.3, 0.4) is 0 Å². The first-order valence-corrected chi connectivity index (χ1v) is 7.25. The minimum Gasteiger partial charge on any atom is -0.508 e. The van der Waals surface area contributed by atoms with Gasteiger partial charge in [0.2, 0.25) is 0 Å². The standard InChI is InChI=1S/C17H24O4/c1-16(5-3-14(20)12(7-16)9-18)11-17(2)6-4-15(21)13(8-17)10-19/h3-4,7-8,18-21H,5-6,9-11H2,1-2H3. The van der Waals surface area contributed by atoms with Gasteiger partial charge in [-0.05, 0) is 42.2 Å². The van der Waals surface area contributed by atoms with E-state index in [2.05, 4.69) is 13.8 Å². The SMILES string of the molecule is CC1(CC2(C)C=C(CO)C(O)=CC2)C=C(CO)C(O)=CC1. The summed E-state index contributed by atoms with van der Waals surface area (Å²) in [4.78, 5) is 0. The number of allylic oxidation sites excluding steroid dienone is 4. The first-order chi connectivity index (χ1) is 9.81. The topological polar surface area (TPSA) is 80.9 Å². The molecule has 21 heavy (non-hydrogen) atoms. The third-order valence-corrected chi connectivity index (χ3v) is 4.38. The fourth-order valence-corrected chi connectivity index (χ4v) is 3.45. The number of hydrogen-bond acceptors (Lipinski definition) is 4. The van der Waals surface area contributed by atoms with Crippen molar-refractivity contribution in [3.05, 3.63) is 47.0 Å². The first kappa shape index (κ1) is 15.9. The molecule has 2 unspecified atom stereocenters. The lowest BCUT2D eigenvalue weighted by Gasteiger charge is -2.39. The van der Waals surface area contributed by atoms with Crippen LogP contribution in [0.4, 0.5) is 0 Å². The third kappa shape index (κ3) is 3.39. The van der Waals surface area contributed by atoms with Gasteiger partial charge in [-0.2, -0.15) is 0 Å². The van der Waals surface area contributed by atoms with Crippen molar-refractivity contribution < 1.29 is 20.4 Å². The average Bonchev–Trinajstić information content (AvgIpc) is 2.44. The smallest absolute Gasteiger partial charge is 0.116 e. The maximum absolute atomic E-state index is 9.73. The van der Waals surface area contributed by atoms with Gasteiger partial charge in [0.15, 0.2) is 0 Å². The zero-order valence-corrected chi connectivity index (χ0v) is 12.6. The molecule has 0 heterocycles. The number of hydrogen-bond donors (Lipinski definition) is 4. The van der Waals surface area contributed by atoms with Crippen molar-refractivity contribution in [2.45, 2.75) is 33.1 Å². The van der Waals surface area contributed by atoms with Gasteiger partial charge in [-0.15, -0.1) is 0 Å². The molecular formula is C17H24O4. The van der Waals surface area contributed by atoms with E-state index in [-0.39, 0.29) is 35.6 Å². The second kappa shape index (κ2) is 5.70. The van der Waals surface area contributed by atoms with Crippen LogP contribution in [0.2, 0.25) is 0 Å². The second-order valence-corrected chi connectivity index (χ2v) is 6.73. The Hall–Kier alpha value is -1.52. The van der Waals surface area contributed by atoms with E-state index >= 15 is 0 Å². The summed E-state index contributed by atoms with van der Waals surface area (Å²) in [6, 6.07) is 0. The maximum atomic E-state index is 9.73. The van der Waals surface area contributed by atoms with Gasteiger partial charge in [-0.25, -0.2) is 0 Å². The molecule has 2 atom stereocenters. The molecule has 0 radical (unpaired) electrons. The molecule has 4 N–H and O–H groups in total. The summed E-state index contributed by atoms with van der Waals surface area (Å²) in [6.07, 6.45) is 9.60. The zero-order valence-electron chi connectivity index (χ0n) is 12.6. The molecule has 2 aliphatic carbocycles. The predicted molar refractivity (Wildman–Crippen MR) is 81.8 cm³/mol. The summed E-state index contributed by atoms with van der Waals surface area (Å²) >= 11 is 0. The first-order valence-electron chi connectivity index (χ1n) is 7.25. The van der Waals surface area contributed by atoms with Crippen LogP contribution < -0.4 is 0 Å². The summed E-state index contributed by atoms with van der Waals surface area (Å²) < 4.78 is 0. The van der Waals surface area contributed by atoms with E-state index in [4.69, 9.17) is 0 Å². The van der Waals surface area contributed by atoms with Crippen molar-refractivity contribution in [1.29, 1.82) is 0 Å². The van der Waals surface area contributed by atoms with Crippen molar-refractivity contribution in [3.63, 3.8) is 0 Å². The van der Waals surface area contributed by atoms with E-state index in [0.29, 0.717) is 24.0 Å². The highest BCUT2D eigenvalue weighted by molar-refractivity contribution is 5.35. The Balaban J connectivity index is 2.22. The van der Waals surface area contributed by atoms with Crippen LogP contribution in [0.1, 0.15) is 33.1 Å². The molecule has 0 bridgehead atoms. The predicted octanol–water partition coefficient (Wildman–Crippen LogP) is 2.92. The average molecular weight is 292 g/mol. The molecule has 2 aliphatic rings. The van der Waals surface area contributed by atoms with E-state index in [0.717, 1.165) is 6.42 Å². The molecular weight excluding hydrogens is 268 g/mol. The minimum atomic E-state index is -0.174. The van der Waals surface area contributed by atoms with E-state index in [1.165, 1.54) is 0 Å². The highest BCUT2D eigenvalue weighted by atomic mass is 16.3. The van der Waals surface area contributed by atoms with Gasteiger partial charge in [-0.1, -0.05) is 26.0 Å². The van der Waals surface area contributed by atoms with Gasteiger partial charge >= 0.3 is 0 Å². The second-order valence-electron chi connectivity index (χ2n) is 6.73. The summed E-state index contributed by atoms with van der Waals surface area (Å²) in [5, 5.41) is 38.1. The molecule has 4 heteroatoms. The number of rotatable bonds is 4. The van der Waals surface area contributed by atoms with E-state index < -0.39 is 0 Å². The molecule has 0 aromatic carbocycles. The number of aliphatic hydroxyl groups is 4. The van der Waals surface area contributed by atoms with E-state index in [1.54, 1.807) is 12.2 Å². The van der Waals surface area contributed by atoms with E-state index in [9.17, 15) is 20.4 Å². The molecule has 4 nitrogen and oxygen atoms in total. The van der Waals surface area contributed by atoms with Gasteiger partial charge in [0.1, 0.15) is 11.5 Å². The summed E-state index contributed by atoms with van der Waals surface area (Å²) in [5.41, 5.74) is 0.786. The van der Waals surface area contributed by atoms with Crippen molar-refractivity contribution in [1.82, 2.24) is 0 Å². The summed E-state index contributed by atoms with van der Waals surface area (Å²) in [5.74, 6) is 0.320. The number of aliphatic hydroxyl groups excluding tert-OH is 4. The molecule has 0 aromatic heterocycles. The lowest BCUT2D eigenvalue weighted by Crippen LogP contribution is -2.29. The Kier molecular flexibility index (Phi) is 4.30. The van der Waals surface area contributed by atoms with Gasteiger partial charge in [0.25, 0.3) is 0 Å². The molecule has 0 aromatic rings. The molecule has 0 fully saturated rings. The monoisotopic (exact) mass is 292 g/mol. The van der Waals surface area contributed by atoms with Gasteiger partial charge in [0, 0.05) is 11.1 Å². The lowest BCUT2D eigenvalue weighted by atomic mass is 9.66. The Bertz CT molecular complexity index is 493. The Morgan fingerprint density at radius 1 is 0.857 bits per heavy atom.